The van der Waals surface area contributed by atoms with E-state index < -0.39 is 5.60 Å². The van der Waals surface area contributed by atoms with Gasteiger partial charge in [-0.1, -0.05) is 42.7 Å². The highest BCUT2D eigenvalue weighted by atomic mass is 16.3. The Labute approximate surface area is 150 Å². The molecule has 2 heteroatoms. The SMILES string of the molecule is C#C[C@]1(O)C=CC2C3CC=C4CC(=O)CC[C@@]45CC=C[C@@H](C[C@@]21C)C35. The van der Waals surface area contributed by atoms with Crippen LogP contribution >= 0.6 is 0 Å². The van der Waals surface area contributed by atoms with E-state index in [1.54, 1.807) is 0 Å². The summed E-state index contributed by atoms with van der Waals surface area (Å²) in [6, 6.07) is 0. The van der Waals surface area contributed by atoms with E-state index in [9.17, 15) is 9.90 Å². The second-order valence-electron chi connectivity index (χ2n) is 9.24. The molecule has 1 spiro atoms. The van der Waals surface area contributed by atoms with Crippen molar-refractivity contribution < 1.29 is 9.90 Å². The van der Waals surface area contributed by atoms with E-state index in [4.69, 9.17) is 6.42 Å². The summed E-state index contributed by atoms with van der Waals surface area (Å²) >= 11 is 0. The van der Waals surface area contributed by atoms with Gasteiger partial charge in [-0.05, 0) is 60.8 Å². The number of carbonyl (C=O) groups is 1. The summed E-state index contributed by atoms with van der Waals surface area (Å²) in [5.74, 6) is 4.99. The molecule has 5 rings (SSSR count). The minimum absolute atomic E-state index is 0.183. The Morgan fingerprint density at radius 1 is 1.36 bits per heavy atom. The number of ketones is 1. The van der Waals surface area contributed by atoms with Gasteiger partial charge in [-0.25, -0.2) is 0 Å². The van der Waals surface area contributed by atoms with Crippen molar-refractivity contribution in [1.29, 1.82) is 0 Å². The van der Waals surface area contributed by atoms with Gasteiger partial charge < -0.3 is 5.11 Å². The van der Waals surface area contributed by atoms with Crippen LogP contribution in [0.25, 0.3) is 0 Å². The van der Waals surface area contributed by atoms with E-state index in [2.05, 4.69) is 37.1 Å². The van der Waals surface area contributed by atoms with Crippen molar-refractivity contribution in [3.8, 4) is 12.3 Å². The Morgan fingerprint density at radius 3 is 3.00 bits per heavy atom. The molecular weight excluding hydrogens is 308 g/mol. The topological polar surface area (TPSA) is 37.3 Å². The number of hydrogen-bond acceptors (Lipinski definition) is 2. The highest BCUT2D eigenvalue weighted by molar-refractivity contribution is 5.82. The van der Waals surface area contributed by atoms with Gasteiger partial charge in [0.15, 0.2) is 0 Å². The van der Waals surface area contributed by atoms with E-state index in [1.807, 2.05) is 6.08 Å². The second-order valence-corrected chi connectivity index (χ2v) is 9.24. The quantitative estimate of drug-likeness (QED) is 0.540. The molecule has 1 N–H and O–H groups in total. The van der Waals surface area contributed by atoms with Gasteiger partial charge in [0.2, 0.25) is 0 Å². The van der Waals surface area contributed by atoms with Crippen LogP contribution in [0.4, 0.5) is 0 Å². The molecule has 0 bridgehead atoms. The third-order valence-corrected chi connectivity index (χ3v) is 8.43. The molecule has 5 aliphatic rings. The molecule has 0 aromatic carbocycles. The fourth-order valence-corrected chi connectivity index (χ4v) is 7.23. The Morgan fingerprint density at radius 2 is 2.20 bits per heavy atom. The monoisotopic (exact) mass is 334 g/mol. The average molecular weight is 334 g/mol. The van der Waals surface area contributed by atoms with Crippen LogP contribution < -0.4 is 0 Å². The zero-order valence-corrected chi connectivity index (χ0v) is 14.9. The molecular formula is C23H26O2. The molecule has 130 valence electrons. The van der Waals surface area contributed by atoms with Crippen molar-refractivity contribution in [2.45, 2.75) is 51.0 Å². The van der Waals surface area contributed by atoms with Gasteiger partial charge in [-0.15, -0.1) is 6.42 Å². The standard InChI is InChI=1S/C23H26O2/c1-3-23(25)12-9-19-18-7-6-16-13-17(24)8-11-22(16)10-4-5-15(20(18)22)14-21(19,23)2/h1,4-6,9,12,15,18-20,25H,7-8,10-11,13-14H2,2H3/t15-,18?,19?,20?,21-,22-,23-/m0/s1. The Kier molecular flexibility index (Phi) is 2.99. The Balaban J connectivity index is 1.64. The number of hydrogen-bond donors (Lipinski definition) is 1. The summed E-state index contributed by atoms with van der Waals surface area (Å²) in [5, 5.41) is 11.1. The normalized spacial score (nSPS) is 52.7. The summed E-state index contributed by atoms with van der Waals surface area (Å²) in [6.07, 6.45) is 22.4. The molecule has 25 heavy (non-hydrogen) atoms. The first-order chi connectivity index (χ1) is 11.9. The van der Waals surface area contributed by atoms with Gasteiger partial charge in [0.1, 0.15) is 11.4 Å². The summed E-state index contributed by atoms with van der Waals surface area (Å²) in [4.78, 5) is 12.1. The maximum Gasteiger partial charge on any atom is 0.149 e. The van der Waals surface area contributed by atoms with Crippen molar-refractivity contribution >= 4 is 5.78 Å². The van der Waals surface area contributed by atoms with E-state index in [0.29, 0.717) is 35.9 Å². The number of terminal acetylenes is 1. The van der Waals surface area contributed by atoms with E-state index in [1.165, 1.54) is 5.57 Å². The number of carbonyl (C=O) groups excluding carboxylic acids is 1. The molecule has 0 amide bonds. The van der Waals surface area contributed by atoms with Crippen molar-refractivity contribution in [1.82, 2.24) is 0 Å². The highest BCUT2D eigenvalue weighted by Crippen LogP contribution is 2.68. The Bertz CT molecular complexity index is 780. The molecule has 3 unspecified atom stereocenters. The van der Waals surface area contributed by atoms with Crippen LogP contribution in [0.3, 0.4) is 0 Å². The minimum atomic E-state index is -1.13. The van der Waals surface area contributed by atoms with E-state index in [-0.39, 0.29) is 10.8 Å². The lowest BCUT2D eigenvalue weighted by Gasteiger charge is -2.62. The van der Waals surface area contributed by atoms with Crippen molar-refractivity contribution in [2.24, 2.45) is 34.5 Å². The van der Waals surface area contributed by atoms with Crippen LogP contribution in [0.1, 0.15) is 45.4 Å². The Hall–Kier alpha value is -1.59. The lowest BCUT2D eigenvalue weighted by Crippen LogP contribution is -2.58. The predicted octanol–water partition coefficient (Wildman–Crippen LogP) is 3.82. The largest absolute Gasteiger partial charge is 0.373 e. The third kappa shape index (κ3) is 1.73. The number of Topliss-reactive ketones (excluding diaryl/α,β-unsaturated/α-hetero) is 1. The number of aliphatic hydroxyl groups is 1. The third-order valence-electron chi connectivity index (χ3n) is 8.43. The van der Waals surface area contributed by atoms with Crippen LogP contribution in [-0.2, 0) is 4.79 Å². The first-order valence-corrected chi connectivity index (χ1v) is 9.71. The molecule has 0 heterocycles. The maximum atomic E-state index is 12.1. The van der Waals surface area contributed by atoms with E-state index >= 15 is 0 Å². The fraction of sp³-hybridized carbons (Fsp3) is 0.609. The smallest absolute Gasteiger partial charge is 0.149 e. The molecule has 0 radical (unpaired) electrons. The van der Waals surface area contributed by atoms with Gasteiger partial charge >= 0.3 is 0 Å². The van der Waals surface area contributed by atoms with Crippen LogP contribution in [-0.4, -0.2) is 16.5 Å². The molecule has 2 nitrogen and oxygen atoms in total. The first kappa shape index (κ1) is 15.6. The lowest BCUT2D eigenvalue weighted by molar-refractivity contribution is -0.127. The van der Waals surface area contributed by atoms with Crippen molar-refractivity contribution in [3.63, 3.8) is 0 Å². The molecule has 0 aromatic rings. The van der Waals surface area contributed by atoms with Gasteiger partial charge in [-0.2, -0.15) is 0 Å². The molecule has 0 saturated heterocycles. The van der Waals surface area contributed by atoms with Crippen LogP contribution in [0.2, 0.25) is 0 Å². The van der Waals surface area contributed by atoms with Crippen LogP contribution in [0.15, 0.2) is 36.0 Å². The number of rotatable bonds is 0. The van der Waals surface area contributed by atoms with Gasteiger partial charge in [0.25, 0.3) is 0 Å². The summed E-state index contributed by atoms with van der Waals surface area (Å²) in [5.41, 5.74) is 0.180. The molecule has 2 saturated carbocycles. The summed E-state index contributed by atoms with van der Waals surface area (Å²) in [6.45, 7) is 2.19. The highest BCUT2D eigenvalue weighted by Gasteiger charge is 2.65. The van der Waals surface area contributed by atoms with Gasteiger partial charge in [0, 0.05) is 18.3 Å². The molecule has 0 aromatic heterocycles. The van der Waals surface area contributed by atoms with Crippen LogP contribution in [0, 0.1) is 46.8 Å². The minimum Gasteiger partial charge on any atom is -0.373 e. The lowest BCUT2D eigenvalue weighted by atomic mass is 9.42. The zero-order chi connectivity index (χ0) is 17.4. The van der Waals surface area contributed by atoms with Crippen molar-refractivity contribution in [2.75, 3.05) is 0 Å². The van der Waals surface area contributed by atoms with Gasteiger partial charge in [0.05, 0.1) is 0 Å². The zero-order valence-electron chi connectivity index (χ0n) is 14.9. The molecule has 7 atom stereocenters. The van der Waals surface area contributed by atoms with E-state index in [0.717, 1.165) is 32.1 Å². The molecule has 0 aliphatic heterocycles. The maximum absolute atomic E-state index is 12.1. The van der Waals surface area contributed by atoms with Crippen molar-refractivity contribution in [3.05, 3.63) is 36.0 Å². The predicted molar refractivity (Wildman–Crippen MR) is 97.4 cm³/mol. The first-order valence-electron chi connectivity index (χ1n) is 9.71. The number of allylic oxidation sites excluding steroid dienone is 5. The van der Waals surface area contributed by atoms with Crippen LogP contribution in [0.5, 0.6) is 0 Å². The summed E-state index contributed by atoms with van der Waals surface area (Å²) < 4.78 is 0. The second kappa shape index (κ2) is 4.77. The van der Waals surface area contributed by atoms with Gasteiger partial charge in [-0.3, -0.25) is 4.79 Å². The molecule has 5 aliphatic carbocycles. The fourth-order valence-electron chi connectivity index (χ4n) is 7.23. The molecule has 2 fully saturated rings. The number of fused-ring (bicyclic) bond motifs is 2. The average Bonchev–Trinajstić information content (AvgIpc) is 2.87. The summed E-state index contributed by atoms with van der Waals surface area (Å²) in [7, 11) is 0.